The summed E-state index contributed by atoms with van der Waals surface area (Å²) in [6.07, 6.45) is 9.01. The Morgan fingerprint density at radius 3 is 2.28 bits per heavy atom. The number of para-hydroxylation sites is 1. The molecule has 0 aliphatic heterocycles. The maximum atomic E-state index is 12.1. The number of rotatable bonds is 11. The minimum absolute atomic E-state index is 0.0841. The van der Waals surface area contributed by atoms with Gasteiger partial charge < -0.3 is 18.7 Å². The van der Waals surface area contributed by atoms with E-state index in [1.54, 1.807) is 0 Å². The number of ether oxygens (including phenoxy) is 1. The highest BCUT2D eigenvalue weighted by Gasteiger charge is 2.45. The van der Waals surface area contributed by atoms with Gasteiger partial charge in [-0.05, 0) is 44.4 Å². The van der Waals surface area contributed by atoms with E-state index in [-0.39, 0.29) is 11.5 Å². The third-order valence-electron chi connectivity index (χ3n) is 8.41. The summed E-state index contributed by atoms with van der Waals surface area (Å²) in [4.78, 5) is 4.67. The number of aromatic nitrogens is 1. The van der Waals surface area contributed by atoms with E-state index < -0.39 is 5.60 Å². The Kier molecular flexibility index (Phi) is 8.21. The Balaban J connectivity index is 1.45. The van der Waals surface area contributed by atoms with E-state index in [0.717, 1.165) is 66.6 Å². The molecule has 5 nitrogen and oxygen atoms in total. The molecule has 3 aromatic rings. The van der Waals surface area contributed by atoms with Crippen molar-refractivity contribution in [2.75, 3.05) is 27.2 Å². The lowest BCUT2D eigenvalue weighted by Gasteiger charge is -2.44. The third kappa shape index (κ3) is 5.84. The second-order valence-electron chi connectivity index (χ2n) is 11.5. The van der Waals surface area contributed by atoms with Gasteiger partial charge in [0.2, 0.25) is 5.89 Å². The Bertz CT molecular complexity index is 1070. The van der Waals surface area contributed by atoms with Gasteiger partial charge in [-0.15, -0.1) is 0 Å². The van der Waals surface area contributed by atoms with Crippen molar-refractivity contribution in [2.24, 2.45) is 5.92 Å². The minimum Gasteiger partial charge on any atom is -0.493 e. The quantitative estimate of drug-likeness (QED) is 0.251. The van der Waals surface area contributed by atoms with Crippen LogP contribution >= 0.6 is 0 Å². The molecule has 1 N–H and O–H groups in total. The predicted molar refractivity (Wildman–Crippen MR) is 144 cm³/mol. The van der Waals surface area contributed by atoms with Crippen LogP contribution in [0.5, 0.6) is 5.75 Å². The highest BCUT2D eigenvalue weighted by Crippen LogP contribution is 2.44. The van der Waals surface area contributed by atoms with Crippen LogP contribution in [-0.4, -0.2) is 47.4 Å². The van der Waals surface area contributed by atoms with Crippen LogP contribution in [0.1, 0.15) is 69.6 Å². The van der Waals surface area contributed by atoms with Crippen LogP contribution in [0.15, 0.2) is 71.3 Å². The molecular weight excluding hydrogens is 448 g/mol. The molecule has 1 aliphatic rings. The smallest absolute Gasteiger partial charge is 0.231 e. The summed E-state index contributed by atoms with van der Waals surface area (Å²) in [5, 5.41) is 12.1. The molecule has 1 fully saturated rings. The molecule has 36 heavy (non-hydrogen) atoms. The molecule has 0 saturated heterocycles. The molecule has 0 amide bonds. The predicted octanol–water partition coefficient (Wildman–Crippen LogP) is 6.36. The summed E-state index contributed by atoms with van der Waals surface area (Å²) in [5.41, 5.74) is -0.401. The number of hydrogen-bond acceptors (Lipinski definition) is 4. The summed E-state index contributed by atoms with van der Waals surface area (Å²) in [6, 6.07) is 19.9. The lowest BCUT2D eigenvalue weighted by Crippen LogP contribution is -2.57. The van der Waals surface area contributed by atoms with Gasteiger partial charge in [-0.2, -0.15) is 0 Å². The Hall–Kier alpha value is -2.63. The fraction of sp³-hybridized carbons (Fsp3) is 0.516. The van der Waals surface area contributed by atoms with Crippen LogP contribution in [0.2, 0.25) is 0 Å². The highest BCUT2D eigenvalue weighted by atomic mass is 16.5. The monoisotopic (exact) mass is 491 g/mol. The van der Waals surface area contributed by atoms with Gasteiger partial charge in [0.25, 0.3) is 0 Å². The fourth-order valence-electron chi connectivity index (χ4n) is 5.42. The van der Waals surface area contributed by atoms with Crippen molar-refractivity contribution >= 4 is 0 Å². The van der Waals surface area contributed by atoms with Gasteiger partial charge in [0.15, 0.2) is 5.60 Å². The van der Waals surface area contributed by atoms with Gasteiger partial charge in [-0.1, -0.05) is 67.8 Å². The van der Waals surface area contributed by atoms with E-state index in [9.17, 15) is 5.11 Å². The second kappa shape index (κ2) is 11.2. The maximum Gasteiger partial charge on any atom is 0.231 e. The van der Waals surface area contributed by atoms with Gasteiger partial charge in [0.1, 0.15) is 17.0 Å². The first-order chi connectivity index (χ1) is 17.2. The molecule has 1 aromatic heterocycles. The van der Waals surface area contributed by atoms with Gasteiger partial charge in [-0.25, -0.2) is 4.98 Å². The molecule has 2 aromatic carbocycles. The zero-order valence-corrected chi connectivity index (χ0v) is 22.5. The second-order valence-corrected chi connectivity index (χ2v) is 11.5. The van der Waals surface area contributed by atoms with Crippen molar-refractivity contribution in [1.82, 2.24) is 4.98 Å². The van der Waals surface area contributed by atoms with E-state index in [4.69, 9.17) is 9.15 Å². The summed E-state index contributed by atoms with van der Waals surface area (Å²) < 4.78 is 13.1. The van der Waals surface area contributed by atoms with Crippen LogP contribution in [-0.2, 0) is 12.0 Å². The lowest BCUT2D eigenvalue weighted by atomic mass is 9.73. The zero-order chi connectivity index (χ0) is 25.7. The first kappa shape index (κ1) is 26.4. The molecule has 194 valence electrons. The molecule has 1 atom stereocenters. The van der Waals surface area contributed by atoms with Crippen LogP contribution in [0.3, 0.4) is 0 Å². The summed E-state index contributed by atoms with van der Waals surface area (Å²) >= 11 is 0. The van der Waals surface area contributed by atoms with E-state index in [2.05, 4.69) is 32.9 Å². The van der Waals surface area contributed by atoms with E-state index in [0.29, 0.717) is 12.5 Å². The molecule has 0 bridgehead atoms. The standard InChI is InChI=1S/C31H43N2O3/c1-30(2,33(3,4)21-14-22-35-27-19-12-7-13-20-27)23-28-24-32-29(36-28)31(34,25-15-8-5-9-16-25)26-17-10-6-11-18-26/h5,7-9,12-13,15-16,19-20,24,26,34H,6,10-11,14,17-18,21-23H2,1-4H3/q+1/t31-/m0/s1. The largest absolute Gasteiger partial charge is 0.493 e. The van der Waals surface area contributed by atoms with E-state index in [1.165, 1.54) is 6.42 Å². The third-order valence-corrected chi connectivity index (χ3v) is 8.41. The molecule has 0 radical (unpaired) electrons. The zero-order valence-electron chi connectivity index (χ0n) is 22.5. The summed E-state index contributed by atoms with van der Waals surface area (Å²) in [7, 11) is 4.53. The molecule has 5 heteroatoms. The first-order valence-corrected chi connectivity index (χ1v) is 13.5. The first-order valence-electron chi connectivity index (χ1n) is 13.5. The summed E-state index contributed by atoms with van der Waals surface area (Å²) in [6.45, 7) is 6.23. The van der Waals surface area contributed by atoms with Gasteiger partial charge >= 0.3 is 0 Å². The van der Waals surface area contributed by atoms with Crippen molar-refractivity contribution in [3.63, 3.8) is 0 Å². The topological polar surface area (TPSA) is 55.5 Å². The molecule has 1 aliphatic carbocycles. The minimum atomic E-state index is -1.19. The van der Waals surface area contributed by atoms with Gasteiger partial charge in [0, 0.05) is 12.3 Å². The Labute approximate surface area is 216 Å². The van der Waals surface area contributed by atoms with Crippen LogP contribution in [0.4, 0.5) is 0 Å². The fourth-order valence-corrected chi connectivity index (χ4v) is 5.42. The number of nitrogens with zero attached hydrogens (tertiary/aromatic N) is 2. The normalized spacial score (nSPS) is 17.0. The molecule has 1 heterocycles. The Morgan fingerprint density at radius 2 is 1.61 bits per heavy atom. The highest BCUT2D eigenvalue weighted by molar-refractivity contribution is 5.30. The SMILES string of the molecule is CC(C)(Cc1cnc([C@](O)(c2ccccc2)C2CCCCC2)o1)[N+](C)(C)CCCOc1ccccc1. The van der Waals surface area contributed by atoms with Crippen LogP contribution in [0.25, 0.3) is 0 Å². The molecule has 0 spiro atoms. The average Bonchev–Trinajstić information content (AvgIpc) is 3.36. The van der Waals surface area contributed by atoms with Crippen molar-refractivity contribution in [2.45, 2.75) is 69.9 Å². The summed E-state index contributed by atoms with van der Waals surface area (Å²) in [5.74, 6) is 2.30. The Morgan fingerprint density at radius 1 is 0.972 bits per heavy atom. The number of likely N-dealkylation sites (N-methyl/N-ethyl adjacent to an activating group) is 1. The van der Waals surface area contributed by atoms with Crippen molar-refractivity contribution < 1.29 is 18.7 Å². The molecule has 4 rings (SSSR count). The van der Waals surface area contributed by atoms with Crippen LogP contribution < -0.4 is 4.74 Å². The number of quaternary nitrogens is 1. The average molecular weight is 492 g/mol. The maximum absolute atomic E-state index is 12.1. The molecule has 0 unspecified atom stereocenters. The number of hydrogen-bond donors (Lipinski definition) is 1. The lowest BCUT2D eigenvalue weighted by molar-refractivity contribution is -0.938. The van der Waals surface area contributed by atoms with Crippen LogP contribution in [0, 0.1) is 5.92 Å². The van der Waals surface area contributed by atoms with E-state index in [1.807, 2.05) is 66.9 Å². The number of aliphatic hydroxyl groups is 1. The number of benzene rings is 2. The van der Waals surface area contributed by atoms with Crippen molar-refractivity contribution in [1.29, 1.82) is 0 Å². The van der Waals surface area contributed by atoms with Crippen molar-refractivity contribution in [3.8, 4) is 5.75 Å². The van der Waals surface area contributed by atoms with Gasteiger partial charge in [-0.3, -0.25) is 0 Å². The molecule has 1 saturated carbocycles. The van der Waals surface area contributed by atoms with E-state index >= 15 is 0 Å². The number of oxazole rings is 1. The van der Waals surface area contributed by atoms with Gasteiger partial charge in [0.05, 0.1) is 39.9 Å². The van der Waals surface area contributed by atoms with Crippen molar-refractivity contribution in [3.05, 3.63) is 84.1 Å². The molecular formula is C31H43N2O3+.